The van der Waals surface area contributed by atoms with Crippen molar-refractivity contribution in [3.63, 3.8) is 0 Å². The van der Waals surface area contributed by atoms with Crippen molar-refractivity contribution in [2.45, 2.75) is 39.3 Å². The first-order valence-corrected chi connectivity index (χ1v) is 13.0. The van der Waals surface area contributed by atoms with Crippen LogP contribution in [0.25, 0.3) is 11.0 Å². The van der Waals surface area contributed by atoms with Gasteiger partial charge in [0.2, 0.25) is 5.95 Å². The molecular weight excluding hydrogens is 500 g/mol. The topological polar surface area (TPSA) is 141 Å². The van der Waals surface area contributed by atoms with E-state index in [1.807, 2.05) is 25.4 Å². The summed E-state index contributed by atoms with van der Waals surface area (Å²) in [6, 6.07) is 3.98. The van der Waals surface area contributed by atoms with Crippen molar-refractivity contribution < 1.29 is 19.1 Å². The molecule has 0 unspecified atom stereocenters. The molecule has 12 heteroatoms. The highest BCUT2D eigenvalue weighted by molar-refractivity contribution is 6.12. The molecule has 4 rings (SSSR count). The zero-order chi connectivity index (χ0) is 27.9. The number of nitrogens with one attached hydrogen (secondary N) is 1. The van der Waals surface area contributed by atoms with Crippen LogP contribution >= 0.6 is 0 Å². The highest BCUT2D eigenvalue weighted by Crippen LogP contribution is 2.32. The van der Waals surface area contributed by atoms with Crippen molar-refractivity contribution in [1.82, 2.24) is 29.5 Å². The van der Waals surface area contributed by atoms with Crippen molar-refractivity contribution in [2.24, 2.45) is 0 Å². The van der Waals surface area contributed by atoms with E-state index in [0.29, 0.717) is 61.0 Å². The monoisotopic (exact) mass is 536 g/mol. The van der Waals surface area contributed by atoms with E-state index in [1.54, 1.807) is 18.9 Å². The average Bonchev–Trinajstić information content (AvgIpc) is 3.46. The first-order valence-electron chi connectivity index (χ1n) is 13.0. The summed E-state index contributed by atoms with van der Waals surface area (Å²) in [4.78, 5) is 35.6. The fourth-order valence-corrected chi connectivity index (χ4v) is 4.55. The predicted octanol–water partition coefficient (Wildman–Crippen LogP) is 2.43. The van der Waals surface area contributed by atoms with Crippen LogP contribution in [0.4, 0.5) is 11.8 Å². The van der Waals surface area contributed by atoms with Gasteiger partial charge in [-0.2, -0.15) is 10.1 Å². The lowest BCUT2D eigenvalue weighted by Crippen LogP contribution is -2.33. The zero-order valence-corrected chi connectivity index (χ0v) is 22.9. The number of unbranched alkanes of at least 4 members (excludes halogenated alkanes) is 1. The molecule has 0 aliphatic carbocycles. The molecule has 2 aromatic heterocycles. The number of imide groups is 1. The van der Waals surface area contributed by atoms with Crippen molar-refractivity contribution in [1.29, 1.82) is 0 Å². The van der Waals surface area contributed by atoms with Crippen LogP contribution in [-0.4, -0.2) is 82.3 Å². The fraction of sp³-hybridized carbons (Fsp3) is 0.444. The van der Waals surface area contributed by atoms with Crippen molar-refractivity contribution in [3.05, 3.63) is 41.6 Å². The van der Waals surface area contributed by atoms with E-state index in [2.05, 4.69) is 27.1 Å². The third-order valence-electron chi connectivity index (χ3n) is 6.51. The maximum absolute atomic E-state index is 11.7. The Bertz CT molecular complexity index is 1330. The average molecular weight is 537 g/mol. The Morgan fingerprint density at radius 1 is 1.05 bits per heavy atom. The molecule has 12 nitrogen and oxygen atoms in total. The molecule has 208 valence electrons. The molecule has 0 fully saturated rings. The van der Waals surface area contributed by atoms with Gasteiger partial charge in [0, 0.05) is 31.8 Å². The Hall–Kier alpha value is -4.19. The van der Waals surface area contributed by atoms with Gasteiger partial charge in [-0.05, 0) is 44.1 Å². The molecule has 1 aliphatic rings. The number of nitrogen functional groups attached to an aromatic ring is 1. The van der Waals surface area contributed by atoms with Gasteiger partial charge in [0.1, 0.15) is 17.0 Å². The summed E-state index contributed by atoms with van der Waals surface area (Å²) < 4.78 is 13.3. The summed E-state index contributed by atoms with van der Waals surface area (Å²) in [5, 5.41) is 8.04. The van der Waals surface area contributed by atoms with Crippen LogP contribution in [0.3, 0.4) is 0 Å². The van der Waals surface area contributed by atoms with Gasteiger partial charge in [-0.25, -0.2) is 4.98 Å². The van der Waals surface area contributed by atoms with E-state index in [-0.39, 0.29) is 17.8 Å². The number of aromatic nitrogens is 4. The molecule has 3 aromatic rings. The van der Waals surface area contributed by atoms with Crippen LogP contribution < -0.4 is 20.5 Å². The number of hydrogen-bond donors (Lipinski definition) is 2. The number of nitrogens with zero attached hydrogens (tertiary/aromatic N) is 6. The molecular formula is C27H36N8O4. The van der Waals surface area contributed by atoms with Gasteiger partial charge in [0.05, 0.1) is 32.5 Å². The highest BCUT2D eigenvalue weighted by atomic mass is 16.5. The first kappa shape index (κ1) is 27.8. The smallest absolute Gasteiger partial charge is 0.253 e. The van der Waals surface area contributed by atoms with Gasteiger partial charge in [0.15, 0.2) is 11.3 Å². The van der Waals surface area contributed by atoms with Gasteiger partial charge in [-0.1, -0.05) is 13.3 Å². The van der Waals surface area contributed by atoms with Crippen LogP contribution in [0.2, 0.25) is 0 Å². The van der Waals surface area contributed by atoms with Gasteiger partial charge >= 0.3 is 0 Å². The Labute approximate surface area is 227 Å². The van der Waals surface area contributed by atoms with E-state index in [4.69, 9.17) is 20.3 Å². The number of carbonyl (C=O) groups is 2. The molecule has 0 saturated heterocycles. The van der Waals surface area contributed by atoms with Crippen LogP contribution in [0.1, 0.15) is 37.3 Å². The van der Waals surface area contributed by atoms with E-state index in [1.165, 1.54) is 17.1 Å². The van der Waals surface area contributed by atoms with Gasteiger partial charge < -0.3 is 25.4 Å². The van der Waals surface area contributed by atoms with Crippen LogP contribution in [0.5, 0.6) is 11.5 Å². The largest absolute Gasteiger partial charge is 0.496 e. The van der Waals surface area contributed by atoms with Gasteiger partial charge in [-0.15, -0.1) is 0 Å². The number of carbonyl (C=O) groups excluding carboxylic acids is 2. The Morgan fingerprint density at radius 2 is 1.74 bits per heavy atom. The number of benzene rings is 1. The summed E-state index contributed by atoms with van der Waals surface area (Å²) in [6.07, 6.45) is 7.21. The molecule has 0 radical (unpaired) electrons. The van der Waals surface area contributed by atoms with Crippen LogP contribution in [-0.2, 0) is 22.7 Å². The molecule has 39 heavy (non-hydrogen) atoms. The standard InChI is InChI=1S/C27H36N8O4/c1-5-6-10-29-26-25-20(30-27(28)31-26)17-34(32-25)16-19-21(38-3)13-18(14-22(19)39-4)15-33(2)11-7-12-35-23(36)8-9-24(35)37/h8-9,13-14,17H,5-7,10-12,15-16H2,1-4H3,(H3,28,29,30,31). The van der Waals surface area contributed by atoms with Crippen molar-refractivity contribution in [2.75, 3.05) is 52.0 Å². The molecule has 1 aliphatic heterocycles. The SMILES string of the molecule is CCCCNc1nc(N)nc2cn(Cc3c(OC)cc(CN(C)CCCN4C(=O)C=CC4=O)cc3OC)nc12. The maximum Gasteiger partial charge on any atom is 0.253 e. The molecule has 0 bridgehead atoms. The number of fused-ring (bicyclic) bond motifs is 1. The highest BCUT2D eigenvalue weighted by Gasteiger charge is 2.22. The quantitative estimate of drug-likeness (QED) is 0.233. The number of anilines is 2. The molecule has 0 spiro atoms. The van der Waals surface area contributed by atoms with E-state index in [0.717, 1.165) is 30.5 Å². The van der Waals surface area contributed by atoms with Gasteiger partial charge in [-0.3, -0.25) is 19.2 Å². The third-order valence-corrected chi connectivity index (χ3v) is 6.51. The first-order chi connectivity index (χ1) is 18.8. The number of hydrogen-bond acceptors (Lipinski definition) is 10. The van der Waals surface area contributed by atoms with Crippen LogP contribution in [0, 0.1) is 0 Å². The number of methoxy groups -OCH3 is 2. The third kappa shape index (κ3) is 6.63. The summed E-state index contributed by atoms with van der Waals surface area (Å²) in [5.74, 6) is 1.68. The second kappa shape index (κ2) is 12.6. The molecule has 2 amide bonds. The normalized spacial score (nSPS) is 13.2. The van der Waals surface area contributed by atoms with E-state index < -0.39 is 0 Å². The number of ether oxygens (including phenoxy) is 2. The molecule has 0 atom stereocenters. The van der Waals surface area contributed by atoms with E-state index >= 15 is 0 Å². The lowest BCUT2D eigenvalue weighted by molar-refractivity contribution is -0.136. The molecule has 1 aromatic carbocycles. The molecule has 0 saturated carbocycles. The second-order valence-electron chi connectivity index (χ2n) is 9.50. The maximum atomic E-state index is 11.7. The lowest BCUT2D eigenvalue weighted by Gasteiger charge is -2.21. The minimum absolute atomic E-state index is 0.194. The Kier molecular flexibility index (Phi) is 8.97. The number of nitrogens with two attached hydrogens (primary N) is 1. The lowest BCUT2D eigenvalue weighted by atomic mass is 10.1. The van der Waals surface area contributed by atoms with Crippen molar-refractivity contribution in [3.8, 4) is 11.5 Å². The predicted molar refractivity (Wildman–Crippen MR) is 149 cm³/mol. The zero-order valence-electron chi connectivity index (χ0n) is 22.9. The fourth-order valence-electron chi connectivity index (χ4n) is 4.55. The van der Waals surface area contributed by atoms with E-state index in [9.17, 15) is 9.59 Å². The Balaban J connectivity index is 1.47. The summed E-state index contributed by atoms with van der Waals surface area (Å²) >= 11 is 0. The number of rotatable bonds is 14. The van der Waals surface area contributed by atoms with Gasteiger partial charge in [0.25, 0.3) is 11.8 Å². The molecule has 3 heterocycles. The Morgan fingerprint density at radius 3 is 2.38 bits per heavy atom. The molecule has 3 N–H and O–H groups in total. The summed E-state index contributed by atoms with van der Waals surface area (Å²) in [6.45, 7) is 5.05. The summed E-state index contributed by atoms with van der Waals surface area (Å²) in [7, 11) is 5.25. The minimum atomic E-state index is -0.253. The summed E-state index contributed by atoms with van der Waals surface area (Å²) in [5.41, 5.74) is 9.11. The van der Waals surface area contributed by atoms with Crippen LogP contribution in [0.15, 0.2) is 30.5 Å². The number of amides is 2. The second-order valence-corrected chi connectivity index (χ2v) is 9.50. The minimum Gasteiger partial charge on any atom is -0.496 e. The van der Waals surface area contributed by atoms with Crippen molar-refractivity contribution >= 4 is 34.6 Å².